The van der Waals surface area contributed by atoms with Crippen molar-refractivity contribution in [2.24, 2.45) is 17.8 Å². The van der Waals surface area contributed by atoms with Gasteiger partial charge in [-0.05, 0) is 67.4 Å². The van der Waals surface area contributed by atoms with Crippen LogP contribution < -0.4 is 10.6 Å². The van der Waals surface area contributed by atoms with E-state index in [0.29, 0.717) is 6.54 Å². The predicted molar refractivity (Wildman–Crippen MR) is 88.6 cm³/mol. The van der Waals surface area contributed by atoms with Crippen LogP contribution in [0.3, 0.4) is 0 Å². The van der Waals surface area contributed by atoms with Gasteiger partial charge < -0.3 is 15.7 Å². The normalized spacial score (nSPS) is 34.4. The van der Waals surface area contributed by atoms with Crippen LogP contribution in [0.1, 0.15) is 49.7 Å². The third-order valence-corrected chi connectivity index (χ3v) is 6.08. The Hall–Kier alpha value is -1.55. The SMILES string of the molecule is O=C(NCc1ccc(CO)cc1)NC12CC3CC(CC(C3)C1)C2. The average molecular weight is 314 g/mol. The van der Waals surface area contributed by atoms with Crippen LogP contribution in [0.4, 0.5) is 4.79 Å². The molecule has 0 heterocycles. The first kappa shape index (κ1) is 15.0. The Morgan fingerprint density at radius 3 is 2.04 bits per heavy atom. The molecule has 4 saturated carbocycles. The lowest BCUT2D eigenvalue weighted by Gasteiger charge is -2.56. The van der Waals surface area contributed by atoms with E-state index in [1.807, 2.05) is 24.3 Å². The van der Waals surface area contributed by atoms with E-state index >= 15 is 0 Å². The van der Waals surface area contributed by atoms with Gasteiger partial charge in [0, 0.05) is 12.1 Å². The highest BCUT2D eigenvalue weighted by molar-refractivity contribution is 5.75. The Kier molecular flexibility index (Phi) is 3.80. The monoisotopic (exact) mass is 314 g/mol. The molecule has 0 atom stereocenters. The van der Waals surface area contributed by atoms with Gasteiger partial charge in [0.1, 0.15) is 0 Å². The highest BCUT2D eigenvalue weighted by atomic mass is 16.3. The van der Waals surface area contributed by atoms with Crippen molar-refractivity contribution in [3.05, 3.63) is 35.4 Å². The van der Waals surface area contributed by atoms with Gasteiger partial charge in [-0.25, -0.2) is 4.79 Å². The molecule has 1 aromatic carbocycles. The molecule has 2 amide bonds. The lowest BCUT2D eigenvalue weighted by molar-refractivity contribution is -0.0135. The minimum atomic E-state index is -0.0295. The molecule has 4 fully saturated rings. The minimum Gasteiger partial charge on any atom is -0.392 e. The Labute approximate surface area is 137 Å². The zero-order valence-electron chi connectivity index (χ0n) is 13.6. The Morgan fingerprint density at radius 2 is 1.52 bits per heavy atom. The van der Waals surface area contributed by atoms with Crippen LogP contribution in [0, 0.1) is 17.8 Å². The number of aliphatic hydroxyl groups excluding tert-OH is 1. The second-order valence-electron chi connectivity index (χ2n) is 7.98. The topological polar surface area (TPSA) is 61.4 Å². The maximum absolute atomic E-state index is 12.4. The van der Waals surface area contributed by atoms with Crippen LogP contribution in [0.15, 0.2) is 24.3 Å². The summed E-state index contributed by atoms with van der Waals surface area (Å²) < 4.78 is 0. The highest BCUT2D eigenvalue weighted by Crippen LogP contribution is 2.55. The fraction of sp³-hybridized carbons (Fsp3) is 0.632. The van der Waals surface area contributed by atoms with Gasteiger partial charge in [0.15, 0.2) is 0 Å². The van der Waals surface area contributed by atoms with Crippen molar-refractivity contribution < 1.29 is 9.90 Å². The summed E-state index contributed by atoms with van der Waals surface area (Å²) in [4.78, 5) is 12.4. The van der Waals surface area contributed by atoms with Gasteiger partial charge in [-0.15, -0.1) is 0 Å². The molecule has 0 spiro atoms. The first-order valence-corrected chi connectivity index (χ1v) is 8.89. The Morgan fingerprint density at radius 1 is 1.00 bits per heavy atom. The van der Waals surface area contributed by atoms with E-state index in [9.17, 15) is 4.79 Å². The van der Waals surface area contributed by atoms with Gasteiger partial charge in [-0.1, -0.05) is 24.3 Å². The first-order valence-electron chi connectivity index (χ1n) is 8.89. The van der Waals surface area contributed by atoms with Crippen molar-refractivity contribution in [3.63, 3.8) is 0 Å². The number of carbonyl (C=O) groups is 1. The summed E-state index contributed by atoms with van der Waals surface area (Å²) in [7, 11) is 0. The third kappa shape index (κ3) is 3.09. The standard InChI is InChI=1S/C19H26N2O2/c22-12-14-3-1-13(2-4-14)11-20-18(23)21-19-8-15-5-16(9-19)7-17(6-15)10-19/h1-4,15-17,22H,5-12H2,(H2,20,21,23). The molecule has 3 N–H and O–H groups in total. The first-order chi connectivity index (χ1) is 11.1. The molecular weight excluding hydrogens is 288 g/mol. The number of aliphatic hydroxyl groups is 1. The van der Waals surface area contributed by atoms with Crippen molar-refractivity contribution >= 4 is 6.03 Å². The van der Waals surface area contributed by atoms with Crippen molar-refractivity contribution in [1.29, 1.82) is 0 Å². The molecule has 0 aromatic heterocycles. The Balaban J connectivity index is 1.33. The molecule has 4 aliphatic carbocycles. The molecule has 0 aliphatic heterocycles. The maximum Gasteiger partial charge on any atom is 0.315 e. The van der Waals surface area contributed by atoms with Gasteiger partial charge in [-0.2, -0.15) is 0 Å². The summed E-state index contributed by atoms with van der Waals surface area (Å²) >= 11 is 0. The van der Waals surface area contributed by atoms with Crippen LogP contribution >= 0.6 is 0 Å². The second kappa shape index (κ2) is 5.82. The minimum absolute atomic E-state index is 0.0295. The molecule has 23 heavy (non-hydrogen) atoms. The van der Waals surface area contributed by atoms with Crippen LogP contribution in [0.5, 0.6) is 0 Å². The number of urea groups is 1. The summed E-state index contributed by atoms with van der Waals surface area (Å²) in [5.74, 6) is 2.52. The number of hydrogen-bond acceptors (Lipinski definition) is 2. The quantitative estimate of drug-likeness (QED) is 0.800. The number of nitrogens with one attached hydrogen (secondary N) is 2. The summed E-state index contributed by atoms with van der Waals surface area (Å²) in [6, 6.07) is 7.67. The van der Waals surface area contributed by atoms with Crippen LogP contribution in [-0.4, -0.2) is 16.7 Å². The molecule has 4 heteroatoms. The predicted octanol–water partition coefficient (Wildman–Crippen LogP) is 2.95. The fourth-order valence-corrected chi connectivity index (χ4v) is 5.49. The summed E-state index contributed by atoms with van der Waals surface area (Å²) in [6.07, 6.45) is 7.70. The average Bonchev–Trinajstić information content (AvgIpc) is 2.51. The maximum atomic E-state index is 12.4. The van der Waals surface area contributed by atoms with Crippen molar-refractivity contribution in [2.75, 3.05) is 0 Å². The fourth-order valence-electron chi connectivity index (χ4n) is 5.49. The van der Waals surface area contributed by atoms with E-state index in [-0.39, 0.29) is 18.2 Å². The molecule has 0 radical (unpaired) electrons. The van der Waals surface area contributed by atoms with Gasteiger partial charge in [0.2, 0.25) is 0 Å². The van der Waals surface area contributed by atoms with E-state index in [4.69, 9.17) is 5.11 Å². The number of carbonyl (C=O) groups excluding carboxylic acids is 1. The second-order valence-corrected chi connectivity index (χ2v) is 7.98. The zero-order chi connectivity index (χ0) is 15.9. The van der Waals surface area contributed by atoms with Crippen molar-refractivity contribution in [2.45, 2.75) is 57.2 Å². The third-order valence-electron chi connectivity index (χ3n) is 6.08. The molecule has 4 aliphatic rings. The van der Waals surface area contributed by atoms with Crippen molar-refractivity contribution in [3.8, 4) is 0 Å². The molecule has 4 bridgehead atoms. The highest BCUT2D eigenvalue weighted by Gasteiger charge is 2.51. The van der Waals surface area contributed by atoms with Crippen LogP contribution in [0.25, 0.3) is 0 Å². The number of benzene rings is 1. The smallest absolute Gasteiger partial charge is 0.315 e. The van der Waals surface area contributed by atoms with Gasteiger partial charge >= 0.3 is 6.03 Å². The van der Waals surface area contributed by atoms with Gasteiger partial charge in [-0.3, -0.25) is 0 Å². The van der Waals surface area contributed by atoms with E-state index in [2.05, 4.69) is 10.6 Å². The lowest BCUT2D eigenvalue weighted by atomic mass is 9.53. The zero-order valence-corrected chi connectivity index (χ0v) is 13.6. The van der Waals surface area contributed by atoms with Crippen LogP contribution in [0.2, 0.25) is 0 Å². The number of rotatable bonds is 4. The van der Waals surface area contributed by atoms with E-state index in [1.54, 1.807) is 0 Å². The molecule has 4 nitrogen and oxygen atoms in total. The largest absolute Gasteiger partial charge is 0.392 e. The molecule has 0 saturated heterocycles. The number of hydrogen-bond donors (Lipinski definition) is 3. The van der Waals surface area contributed by atoms with Crippen LogP contribution in [-0.2, 0) is 13.2 Å². The van der Waals surface area contributed by atoms with E-state index in [0.717, 1.165) is 28.9 Å². The van der Waals surface area contributed by atoms with Gasteiger partial charge in [0.05, 0.1) is 6.61 Å². The summed E-state index contributed by atoms with van der Waals surface area (Å²) in [5.41, 5.74) is 2.02. The molecular formula is C19H26N2O2. The molecule has 1 aromatic rings. The molecule has 5 rings (SSSR count). The molecule has 0 unspecified atom stereocenters. The van der Waals surface area contributed by atoms with Crippen molar-refractivity contribution in [1.82, 2.24) is 10.6 Å². The summed E-state index contributed by atoms with van der Waals surface area (Å²) in [6.45, 7) is 0.587. The lowest BCUT2D eigenvalue weighted by Crippen LogP contribution is -2.61. The summed E-state index contributed by atoms with van der Waals surface area (Å²) in [5, 5.41) is 15.4. The number of amides is 2. The van der Waals surface area contributed by atoms with E-state index < -0.39 is 0 Å². The van der Waals surface area contributed by atoms with Gasteiger partial charge in [0.25, 0.3) is 0 Å². The molecule has 124 valence electrons. The Bertz CT molecular complexity index is 546. The van der Waals surface area contributed by atoms with E-state index in [1.165, 1.54) is 38.5 Å².